The Hall–Kier alpha value is -1.01. The summed E-state index contributed by atoms with van der Waals surface area (Å²) in [6.07, 6.45) is 6.82. The summed E-state index contributed by atoms with van der Waals surface area (Å²) in [5.74, 6) is 2.70. The molecule has 0 bridgehead atoms. The second-order valence-corrected chi connectivity index (χ2v) is 10.4. The summed E-state index contributed by atoms with van der Waals surface area (Å²) in [7, 11) is -0.745. The van der Waals surface area contributed by atoms with Gasteiger partial charge in [0.15, 0.2) is 0 Å². The van der Waals surface area contributed by atoms with E-state index in [4.69, 9.17) is 9.97 Å². The SMILES string of the molecule is CCC1(CC)CN(c2nc(C)nc3sc4c(c23)CCCC4)CCS1=O. The molecule has 4 nitrogen and oxygen atoms in total. The first-order valence-electron chi connectivity index (χ1n) is 9.50. The molecule has 2 aliphatic rings. The fourth-order valence-electron chi connectivity index (χ4n) is 4.36. The van der Waals surface area contributed by atoms with Crippen LogP contribution in [0.3, 0.4) is 0 Å². The Morgan fingerprint density at radius 2 is 1.96 bits per heavy atom. The molecular weight excluding hydrogens is 350 g/mol. The summed E-state index contributed by atoms with van der Waals surface area (Å²) in [5.41, 5.74) is 1.49. The van der Waals surface area contributed by atoms with Gasteiger partial charge in [-0.25, -0.2) is 9.97 Å². The van der Waals surface area contributed by atoms with Crippen LogP contribution >= 0.6 is 11.3 Å². The maximum absolute atomic E-state index is 12.7. The van der Waals surface area contributed by atoms with Crippen molar-refractivity contribution >= 4 is 38.2 Å². The lowest BCUT2D eigenvalue weighted by atomic mass is 9.96. The summed E-state index contributed by atoms with van der Waals surface area (Å²) >= 11 is 1.87. The van der Waals surface area contributed by atoms with Crippen LogP contribution in [-0.4, -0.2) is 37.8 Å². The van der Waals surface area contributed by atoms with E-state index in [0.717, 1.165) is 54.6 Å². The highest BCUT2D eigenvalue weighted by Gasteiger charge is 2.40. The zero-order valence-electron chi connectivity index (χ0n) is 15.4. The molecule has 1 aliphatic carbocycles. The molecular formula is C19H27N3OS2. The molecule has 4 rings (SSSR count). The summed E-state index contributed by atoms with van der Waals surface area (Å²) in [4.78, 5) is 14.7. The van der Waals surface area contributed by atoms with E-state index in [1.165, 1.54) is 35.1 Å². The summed E-state index contributed by atoms with van der Waals surface area (Å²) < 4.78 is 12.6. The van der Waals surface area contributed by atoms with Crippen molar-refractivity contribution in [1.82, 2.24) is 9.97 Å². The normalized spacial score (nSPS) is 23.0. The highest BCUT2D eigenvalue weighted by Crippen LogP contribution is 2.41. The summed E-state index contributed by atoms with van der Waals surface area (Å²) in [6.45, 7) is 8.04. The second kappa shape index (κ2) is 6.62. The van der Waals surface area contributed by atoms with Crippen LogP contribution in [0, 0.1) is 6.92 Å². The Morgan fingerprint density at radius 1 is 1.20 bits per heavy atom. The van der Waals surface area contributed by atoms with Crippen LogP contribution in [-0.2, 0) is 23.6 Å². The minimum atomic E-state index is -0.745. The Labute approximate surface area is 156 Å². The lowest BCUT2D eigenvalue weighted by Gasteiger charge is -2.42. The second-order valence-electron chi connectivity index (χ2n) is 7.35. The summed E-state index contributed by atoms with van der Waals surface area (Å²) in [5, 5.41) is 1.29. The highest BCUT2D eigenvalue weighted by molar-refractivity contribution is 7.86. The zero-order valence-corrected chi connectivity index (χ0v) is 17.1. The van der Waals surface area contributed by atoms with Crippen molar-refractivity contribution in [2.24, 2.45) is 0 Å². The molecule has 1 saturated heterocycles. The third-order valence-electron chi connectivity index (χ3n) is 6.00. The highest BCUT2D eigenvalue weighted by atomic mass is 32.2. The molecule has 1 aliphatic heterocycles. The topological polar surface area (TPSA) is 46.1 Å². The lowest BCUT2D eigenvalue weighted by molar-refractivity contribution is 0.495. The molecule has 1 atom stereocenters. The van der Waals surface area contributed by atoms with E-state index in [2.05, 4.69) is 18.7 Å². The van der Waals surface area contributed by atoms with Crippen LogP contribution in [0.2, 0.25) is 0 Å². The quantitative estimate of drug-likeness (QED) is 0.811. The Morgan fingerprint density at radius 3 is 2.72 bits per heavy atom. The van der Waals surface area contributed by atoms with E-state index >= 15 is 0 Å². The minimum absolute atomic E-state index is 0.0977. The number of nitrogens with zero attached hydrogens (tertiary/aromatic N) is 3. The van der Waals surface area contributed by atoms with Crippen molar-refractivity contribution in [2.45, 2.75) is 64.0 Å². The number of hydrogen-bond acceptors (Lipinski definition) is 5. The maximum atomic E-state index is 12.7. The number of fused-ring (bicyclic) bond motifs is 3. The monoisotopic (exact) mass is 377 g/mol. The van der Waals surface area contributed by atoms with Crippen molar-refractivity contribution in [3.63, 3.8) is 0 Å². The van der Waals surface area contributed by atoms with Gasteiger partial charge in [0.05, 0.1) is 10.1 Å². The van der Waals surface area contributed by atoms with Crippen molar-refractivity contribution in [1.29, 1.82) is 0 Å². The predicted molar refractivity (Wildman–Crippen MR) is 107 cm³/mol. The van der Waals surface area contributed by atoms with Gasteiger partial charge in [-0.2, -0.15) is 0 Å². The average Bonchev–Trinajstić information content (AvgIpc) is 2.99. The van der Waals surface area contributed by atoms with Crippen LogP contribution in [0.5, 0.6) is 0 Å². The summed E-state index contributed by atoms with van der Waals surface area (Å²) in [6, 6.07) is 0. The standard InChI is InChI=1S/C19H27N3OS2/c1-4-19(5-2)12-22(10-11-25(19)23)17-16-14-8-6-7-9-15(14)24-18(16)21-13(3)20-17/h4-12H2,1-3H3. The van der Waals surface area contributed by atoms with Gasteiger partial charge in [0.25, 0.3) is 0 Å². The molecule has 0 saturated carbocycles. The van der Waals surface area contributed by atoms with Crippen LogP contribution in [0.4, 0.5) is 5.82 Å². The Bertz CT molecular complexity index is 826. The largest absolute Gasteiger partial charge is 0.354 e. The Balaban J connectivity index is 1.83. The third-order valence-corrected chi connectivity index (χ3v) is 9.42. The van der Waals surface area contributed by atoms with E-state index in [1.54, 1.807) is 0 Å². The molecule has 25 heavy (non-hydrogen) atoms. The minimum Gasteiger partial charge on any atom is -0.354 e. The molecule has 1 unspecified atom stereocenters. The molecule has 0 radical (unpaired) electrons. The molecule has 2 aromatic rings. The molecule has 3 heterocycles. The van der Waals surface area contributed by atoms with Crippen molar-refractivity contribution < 1.29 is 4.21 Å². The first kappa shape index (κ1) is 17.4. The number of hydrogen-bond donors (Lipinski definition) is 0. The first-order valence-corrected chi connectivity index (χ1v) is 11.6. The van der Waals surface area contributed by atoms with E-state index < -0.39 is 10.8 Å². The first-order chi connectivity index (χ1) is 12.1. The van der Waals surface area contributed by atoms with Crippen molar-refractivity contribution in [3.05, 3.63) is 16.3 Å². The molecule has 6 heteroatoms. The van der Waals surface area contributed by atoms with E-state index in [-0.39, 0.29) is 4.75 Å². The average molecular weight is 378 g/mol. The predicted octanol–water partition coefficient (Wildman–Crippen LogP) is 4.01. The van der Waals surface area contributed by atoms with Gasteiger partial charge < -0.3 is 4.90 Å². The molecule has 0 spiro atoms. The van der Waals surface area contributed by atoms with Crippen LogP contribution in [0.1, 0.15) is 55.8 Å². The molecule has 0 amide bonds. The number of rotatable bonds is 3. The van der Waals surface area contributed by atoms with Crippen LogP contribution in [0.15, 0.2) is 0 Å². The molecule has 136 valence electrons. The zero-order chi connectivity index (χ0) is 17.6. The van der Waals surface area contributed by atoms with Crippen molar-refractivity contribution in [3.8, 4) is 0 Å². The Kier molecular flexibility index (Phi) is 4.61. The maximum Gasteiger partial charge on any atom is 0.141 e. The van der Waals surface area contributed by atoms with Crippen molar-refractivity contribution in [2.75, 3.05) is 23.7 Å². The van der Waals surface area contributed by atoms with Gasteiger partial charge in [0.1, 0.15) is 16.5 Å². The van der Waals surface area contributed by atoms with E-state index in [1.807, 2.05) is 18.3 Å². The fraction of sp³-hybridized carbons (Fsp3) is 0.684. The van der Waals surface area contributed by atoms with Crippen LogP contribution in [0.25, 0.3) is 10.2 Å². The molecule has 0 aromatic carbocycles. The fourth-order valence-corrected chi connectivity index (χ4v) is 7.42. The van der Waals surface area contributed by atoms with Crippen LogP contribution < -0.4 is 4.90 Å². The number of thiophene rings is 1. The van der Waals surface area contributed by atoms with E-state index in [0.29, 0.717) is 0 Å². The van der Waals surface area contributed by atoms with Gasteiger partial charge >= 0.3 is 0 Å². The molecule has 0 N–H and O–H groups in total. The van der Waals surface area contributed by atoms with Gasteiger partial charge in [-0.1, -0.05) is 13.8 Å². The lowest BCUT2D eigenvalue weighted by Crippen LogP contribution is -2.53. The third kappa shape index (κ3) is 2.81. The van der Waals surface area contributed by atoms with Gasteiger partial charge in [-0.3, -0.25) is 4.21 Å². The number of aromatic nitrogens is 2. The van der Waals surface area contributed by atoms with Gasteiger partial charge in [-0.15, -0.1) is 11.3 Å². The molecule has 1 fully saturated rings. The number of aryl methyl sites for hydroxylation is 3. The van der Waals surface area contributed by atoms with Gasteiger partial charge in [-0.05, 0) is 51.0 Å². The number of anilines is 1. The molecule has 2 aromatic heterocycles. The van der Waals surface area contributed by atoms with Gasteiger partial charge in [0.2, 0.25) is 0 Å². The smallest absolute Gasteiger partial charge is 0.141 e. The van der Waals surface area contributed by atoms with E-state index in [9.17, 15) is 4.21 Å². The van der Waals surface area contributed by atoms with Gasteiger partial charge in [0, 0.05) is 34.5 Å².